The molecule has 11 aromatic rings. The van der Waals surface area contributed by atoms with Crippen LogP contribution in [0, 0.1) is 0 Å². The van der Waals surface area contributed by atoms with E-state index in [0.29, 0.717) is 16.9 Å². The van der Waals surface area contributed by atoms with Crippen LogP contribution in [0.25, 0.3) is 88.0 Å². The smallest absolute Gasteiger partial charge is 0.0645 e. The van der Waals surface area contributed by atoms with E-state index in [1.807, 2.05) is 83.8 Å². The fourth-order valence-electron chi connectivity index (χ4n) is 8.68. The van der Waals surface area contributed by atoms with Gasteiger partial charge in [0, 0.05) is 17.1 Å². The van der Waals surface area contributed by atoms with E-state index in [1.165, 1.54) is 5.39 Å². The lowest BCUT2D eigenvalue weighted by atomic mass is 9.89. The van der Waals surface area contributed by atoms with Gasteiger partial charge in [0.15, 0.2) is 0 Å². The summed E-state index contributed by atoms with van der Waals surface area (Å²) >= 11 is 0. The number of benzene rings is 11. The highest BCUT2D eigenvalue weighted by Crippen LogP contribution is 2.42. The van der Waals surface area contributed by atoms with Crippen molar-refractivity contribution in [2.24, 2.45) is 0 Å². The van der Waals surface area contributed by atoms with Crippen LogP contribution in [0.2, 0.25) is 0 Å². The van der Waals surface area contributed by atoms with Crippen LogP contribution in [0.4, 0.5) is 17.1 Å². The summed E-state index contributed by atoms with van der Waals surface area (Å²) in [7, 11) is 0. The summed E-state index contributed by atoms with van der Waals surface area (Å²) in [5.41, 5.74) is 11.0. The molecule has 11 aromatic carbocycles. The minimum atomic E-state index is -0.125. The summed E-state index contributed by atoms with van der Waals surface area (Å²) < 4.78 is 38.4. The third-order valence-corrected chi connectivity index (χ3v) is 11.7. The second-order valence-corrected chi connectivity index (χ2v) is 15.4. The van der Waals surface area contributed by atoms with Gasteiger partial charge in [-0.15, -0.1) is 0 Å². The third kappa shape index (κ3) is 6.93. The Morgan fingerprint density at radius 2 is 0.820 bits per heavy atom. The fourth-order valence-corrected chi connectivity index (χ4v) is 8.68. The highest BCUT2D eigenvalue weighted by Gasteiger charge is 2.17. The van der Waals surface area contributed by atoms with E-state index in [9.17, 15) is 5.48 Å². The van der Waals surface area contributed by atoms with Gasteiger partial charge in [0.1, 0.15) is 0 Å². The van der Waals surface area contributed by atoms with Crippen LogP contribution in [0.15, 0.2) is 249 Å². The van der Waals surface area contributed by atoms with Gasteiger partial charge in [-0.1, -0.05) is 206 Å². The van der Waals surface area contributed by atoms with Crippen molar-refractivity contribution in [3.8, 4) is 55.6 Å². The molecule has 61 heavy (non-hydrogen) atoms. The first-order valence-electron chi connectivity index (χ1n) is 22.7. The molecule has 1 nitrogen and oxygen atoms in total. The summed E-state index contributed by atoms with van der Waals surface area (Å²) in [6.45, 7) is 0. The van der Waals surface area contributed by atoms with Gasteiger partial charge in [-0.3, -0.25) is 0 Å². The van der Waals surface area contributed by atoms with Crippen molar-refractivity contribution >= 4 is 49.4 Å². The van der Waals surface area contributed by atoms with Crippen molar-refractivity contribution in [2.75, 3.05) is 4.90 Å². The fraction of sp³-hybridized carbons (Fsp3) is 0. The Balaban J connectivity index is 1.06. The average Bonchev–Trinajstić information content (AvgIpc) is 3.37. The van der Waals surface area contributed by atoms with E-state index in [1.54, 1.807) is 0 Å². The van der Waals surface area contributed by atoms with E-state index in [2.05, 4.69) is 146 Å². The van der Waals surface area contributed by atoms with Crippen LogP contribution in [-0.4, -0.2) is 0 Å². The molecule has 0 radical (unpaired) electrons. The summed E-state index contributed by atoms with van der Waals surface area (Å²) in [4.78, 5) is 1.88. The molecule has 0 bridgehead atoms. The molecule has 11 rings (SSSR count). The number of anilines is 3. The SMILES string of the molecule is [2H]c1c([2H])c(N(c2ccc(-c3c(-c4ccccc4)ccc4ccccc34)cc2)c2cccc(-c3cccc4ccccc34)c2)c([2H])c([2H])c1-c1ccc(-c2ccc3ccccc3c2)cc1. The van der Waals surface area contributed by atoms with Gasteiger partial charge in [0.25, 0.3) is 0 Å². The molecule has 0 unspecified atom stereocenters. The Bertz CT molecular complexity index is 3550. The van der Waals surface area contributed by atoms with Gasteiger partial charge < -0.3 is 4.90 Å². The lowest BCUT2D eigenvalue weighted by molar-refractivity contribution is 1.28. The van der Waals surface area contributed by atoms with E-state index in [0.717, 1.165) is 71.4 Å². The van der Waals surface area contributed by atoms with Crippen LogP contribution >= 0.6 is 0 Å². The number of nitrogens with zero attached hydrogens (tertiary/aromatic N) is 1. The first kappa shape index (κ1) is 31.9. The van der Waals surface area contributed by atoms with Crippen LogP contribution < -0.4 is 4.90 Å². The predicted octanol–water partition coefficient (Wildman–Crippen LogP) is 17.0. The molecule has 286 valence electrons. The van der Waals surface area contributed by atoms with Crippen molar-refractivity contribution < 1.29 is 5.48 Å². The van der Waals surface area contributed by atoms with Gasteiger partial charge in [0.2, 0.25) is 0 Å². The lowest BCUT2D eigenvalue weighted by Crippen LogP contribution is -2.10. The predicted molar refractivity (Wildman–Crippen MR) is 261 cm³/mol. The Morgan fingerprint density at radius 3 is 1.59 bits per heavy atom. The summed E-state index contributed by atoms with van der Waals surface area (Å²) in [6.07, 6.45) is 0. The van der Waals surface area contributed by atoms with E-state index in [-0.39, 0.29) is 35.4 Å². The topological polar surface area (TPSA) is 3.24 Å². The molecule has 0 aliphatic rings. The quantitative estimate of drug-likeness (QED) is 0.148. The standard InChI is InChI=1S/C60H41N/c1-2-13-47(14-3-1)59-39-34-48-16-7-9-22-58(48)60(59)49-32-37-54(38-33-49)61(55-20-10-19-52(41-55)57-23-11-18-46-15-6-8-21-56(46)57)53-35-30-44(31-36-53)43-24-26-45(27-25-43)51-29-28-42-12-4-5-17-50(42)40-51/h1-41H/i30D,31D,35D,36D. The molecule has 0 amide bonds. The molecule has 0 aliphatic carbocycles. The number of hydrogen-bond donors (Lipinski definition) is 0. The maximum absolute atomic E-state index is 9.69. The minimum Gasteiger partial charge on any atom is -0.310 e. The first-order chi connectivity index (χ1) is 31.9. The first-order valence-corrected chi connectivity index (χ1v) is 20.7. The molecule has 0 aromatic heterocycles. The van der Waals surface area contributed by atoms with Crippen molar-refractivity contribution in [1.29, 1.82) is 0 Å². The van der Waals surface area contributed by atoms with Gasteiger partial charge in [-0.05, 0) is 130 Å². The zero-order valence-electron chi connectivity index (χ0n) is 37.3. The highest BCUT2D eigenvalue weighted by atomic mass is 15.1. The zero-order chi connectivity index (χ0) is 44.0. The summed E-state index contributed by atoms with van der Waals surface area (Å²) in [6, 6.07) is 76.2. The molecule has 0 fully saturated rings. The van der Waals surface area contributed by atoms with Gasteiger partial charge in [0.05, 0.1) is 5.48 Å². The van der Waals surface area contributed by atoms with Crippen molar-refractivity contribution in [1.82, 2.24) is 0 Å². The molecule has 0 heterocycles. The molecular weight excluding hydrogens is 735 g/mol. The van der Waals surface area contributed by atoms with E-state index in [4.69, 9.17) is 0 Å². The summed E-state index contributed by atoms with van der Waals surface area (Å²) in [5, 5.41) is 6.85. The normalized spacial score (nSPS) is 12.2. The number of hydrogen-bond acceptors (Lipinski definition) is 1. The molecule has 0 N–H and O–H groups in total. The molecule has 0 atom stereocenters. The van der Waals surface area contributed by atoms with E-state index < -0.39 is 0 Å². The minimum absolute atomic E-state index is 0.102. The van der Waals surface area contributed by atoms with Gasteiger partial charge in [-0.2, -0.15) is 0 Å². The second kappa shape index (κ2) is 15.6. The molecule has 0 saturated heterocycles. The van der Waals surface area contributed by atoms with Crippen LogP contribution in [0.5, 0.6) is 0 Å². The Labute approximate surface area is 362 Å². The molecule has 0 spiro atoms. The average molecular weight is 780 g/mol. The van der Waals surface area contributed by atoms with Crippen LogP contribution in [-0.2, 0) is 0 Å². The van der Waals surface area contributed by atoms with Gasteiger partial charge >= 0.3 is 0 Å². The van der Waals surface area contributed by atoms with Crippen molar-refractivity contribution in [3.63, 3.8) is 0 Å². The molecule has 1 heteroatoms. The van der Waals surface area contributed by atoms with Crippen LogP contribution in [0.3, 0.4) is 0 Å². The van der Waals surface area contributed by atoms with Gasteiger partial charge in [-0.25, -0.2) is 0 Å². The second-order valence-electron chi connectivity index (χ2n) is 15.4. The maximum Gasteiger partial charge on any atom is 0.0645 e. The Morgan fingerprint density at radius 1 is 0.262 bits per heavy atom. The number of fused-ring (bicyclic) bond motifs is 3. The largest absolute Gasteiger partial charge is 0.310 e. The zero-order valence-corrected chi connectivity index (χ0v) is 33.3. The molecule has 0 saturated carbocycles. The van der Waals surface area contributed by atoms with Crippen LogP contribution in [0.1, 0.15) is 5.48 Å². The van der Waals surface area contributed by atoms with Crippen molar-refractivity contribution in [3.05, 3.63) is 249 Å². The number of rotatable bonds is 8. The molecule has 0 aliphatic heterocycles. The Hall–Kier alpha value is -8.00. The van der Waals surface area contributed by atoms with Crippen molar-refractivity contribution in [2.45, 2.75) is 0 Å². The summed E-state index contributed by atoms with van der Waals surface area (Å²) in [5.74, 6) is 0. The third-order valence-electron chi connectivity index (χ3n) is 11.7. The Kier molecular flexibility index (Phi) is 8.18. The lowest BCUT2D eigenvalue weighted by Gasteiger charge is -2.27. The maximum atomic E-state index is 9.69. The monoisotopic (exact) mass is 779 g/mol. The highest BCUT2D eigenvalue weighted by molar-refractivity contribution is 6.04. The molecular formula is C60H41N. The van der Waals surface area contributed by atoms with E-state index >= 15 is 0 Å².